The zero-order chi connectivity index (χ0) is 14.9. The molecule has 3 aliphatic rings. The quantitative estimate of drug-likeness (QED) is 0.849. The maximum Gasteiger partial charge on any atom is 0.264 e. The normalized spacial score (nSPS) is 24.3. The van der Waals surface area contributed by atoms with E-state index in [2.05, 4.69) is 33.4 Å². The van der Waals surface area contributed by atoms with Gasteiger partial charge in [0.25, 0.3) is 5.91 Å². The smallest absolute Gasteiger partial charge is 0.264 e. The fourth-order valence-electron chi connectivity index (χ4n) is 3.53. The first-order valence-electron chi connectivity index (χ1n) is 7.98. The van der Waals surface area contributed by atoms with Crippen molar-refractivity contribution >= 4 is 17.2 Å². The number of piperidine rings is 1. The van der Waals surface area contributed by atoms with Gasteiger partial charge in [-0.1, -0.05) is 30.3 Å². The van der Waals surface area contributed by atoms with Crippen molar-refractivity contribution in [2.75, 3.05) is 26.2 Å². The summed E-state index contributed by atoms with van der Waals surface area (Å²) in [7, 11) is 0. The van der Waals surface area contributed by atoms with Crippen molar-refractivity contribution in [2.45, 2.75) is 18.9 Å². The van der Waals surface area contributed by atoms with Crippen LogP contribution in [0.3, 0.4) is 0 Å². The van der Waals surface area contributed by atoms with E-state index in [1.165, 1.54) is 5.56 Å². The SMILES string of the molecule is O=C(c1cc(-c2ccccc2)cs1)N1CCN2CCC1CC2. The van der Waals surface area contributed by atoms with Gasteiger partial charge in [0.2, 0.25) is 0 Å². The maximum absolute atomic E-state index is 12.9. The third kappa shape index (κ3) is 2.57. The first-order chi connectivity index (χ1) is 10.8. The minimum Gasteiger partial charge on any atom is -0.334 e. The number of hydrogen-bond donors (Lipinski definition) is 0. The molecule has 0 N–H and O–H groups in total. The summed E-state index contributed by atoms with van der Waals surface area (Å²) in [6.07, 6.45) is 2.26. The van der Waals surface area contributed by atoms with Gasteiger partial charge in [-0.05, 0) is 35.4 Å². The van der Waals surface area contributed by atoms with Gasteiger partial charge in [-0.25, -0.2) is 0 Å². The van der Waals surface area contributed by atoms with Crippen LogP contribution in [0.5, 0.6) is 0 Å². The first-order valence-corrected chi connectivity index (χ1v) is 8.86. The highest BCUT2D eigenvalue weighted by Crippen LogP contribution is 2.28. The van der Waals surface area contributed by atoms with E-state index in [-0.39, 0.29) is 5.91 Å². The Morgan fingerprint density at radius 2 is 1.77 bits per heavy atom. The van der Waals surface area contributed by atoms with E-state index in [0.29, 0.717) is 6.04 Å². The molecule has 3 nitrogen and oxygen atoms in total. The molecule has 0 spiro atoms. The first kappa shape index (κ1) is 14.0. The van der Waals surface area contributed by atoms with Gasteiger partial charge in [-0.15, -0.1) is 11.3 Å². The lowest BCUT2D eigenvalue weighted by atomic mass is 10.0. The fraction of sp³-hybridized carbons (Fsp3) is 0.389. The topological polar surface area (TPSA) is 23.6 Å². The zero-order valence-electron chi connectivity index (χ0n) is 12.6. The fourth-order valence-corrected chi connectivity index (χ4v) is 4.40. The summed E-state index contributed by atoms with van der Waals surface area (Å²) in [5.41, 5.74) is 2.33. The summed E-state index contributed by atoms with van der Waals surface area (Å²) >= 11 is 1.57. The molecule has 1 amide bonds. The molecule has 0 radical (unpaired) electrons. The summed E-state index contributed by atoms with van der Waals surface area (Å²) < 4.78 is 0. The lowest BCUT2D eigenvalue weighted by Crippen LogP contribution is -2.41. The predicted molar refractivity (Wildman–Crippen MR) is 90.3 cm³/mol. The van der Waals surface area contributed by atoms with Crippen LogP contribution in [0.4, 0.5) is 0 Å². The average Bonchev–Trinajstić information content (AvgIpc) is 2.88. The van der Waals surface area contributed by atoms with Gasteiger partial charge in [0, 0.05) is 32.2 Å². The van der Waals surface area contributed by atoms with E-state index in [4.69, 9.17) is 0 Å². The third-order valence-corrected chi connectivity index (χ3v) is 5.75. The maximum atomic E-state index is 12.9. The van der Waals surface area contributed by atoms with Crippen LogP contribution in [-0.4, -0.2) is 47.9 Å². The lowest BCUT2D eigenvalue weighted by Gasteiger charge is -2.31. The Morgan fingerprint density at radius 1 is 1.00 bits per heavy atom. The Kier molecular flexibility index (Phi) is 3.72. The molecule has 0 atom stereocenters. The third-order valence-electron chi connectivity index (χ3n) is 4.83. The monoisotopic (exact) mass is 312 g/mol. The van der Waals surface area contributed by atoms with Crippen molar-refractivity contribution in [3.63, 3.8) is 0 Å². The molecule has 1 aromatic heterocycles. The van der Waals surface area contributed by atoms with Crippen molar-refractivity contribution in [1.29, 1.82) is 0 Å². The molecule has 4 heteroatoms. The van der Waals surface area contributed by atoms with Gasteiger partial charge >= 0.3 is 0 Å². The van der Waals surface area contributed by atoms with Crippen LogP contribution in [0.2, 0.25) is 0 Å². The number of amides is 1. The summed E-state index contributed by atoms with van der Waals surface area (Å²) in [6.45, 7) is 4.20. The molecule has 3 fully saturated rings. The Labute approximate surface area is 135 Å². The van der Waals surface area contributed by atoms with Gasteiger partial charge in [0.05, 0.1) is 4.88 Å². The van der Waals surface area contributed by atoms with Crippen molar-refractivity contribution in [2.24, 2.45) is 0 Å². The van der Waals surface area contributed by atoms with Crippen molar-refractivity contribution < 1.29 is 4.79 Å². The standard InChI is InChI=1S/C18H20N2OS/c21-18(20-11-10-19-8-6-16(20)7-9-19)17-12-15(13-22-17)14-4-2-1-3-5-14/h1-5,12-13,16H,6-11H2. The minimum absolute atomic E-state index is 0.223. The van der Waals surface area contributed by atoms with Crippen molar-refractivity contribution in [3.8, 4) is 11.1 Å². The molecule has 114 valence electrons. The van der Waals surface area contributed by atoms with E-state index >= 15 is 0 Å². The molecule has 0 saturated carbocycles. The van der Waals surface area contributed by atoms with E-state index in [1.54, 1.807) is 11.3 Å². The van der Waals surface area contributed by atoms with E-state index in [9.17, 15) is 4.79 Å². The number of rotatable bonds is 2. The van der Waals surface area contributed by atoms with Gasteiger partial charge in [-0.3, -0.25) is 4.79 Å². The zero-order valence-corrected chi connectivity index (χ0v) is 13.4. The second-order valence-corrected chi connectivity index (χ2v) is 7.05. The molecule has 4 heterocycles. The number of thiophene rings is 1. The Hall–Kier alpha value is -1.65. The molecule has 3 aliphatic heterocycles. The average molecular weight is 312 g/mol. The predicted octanol–water partition coefficient (Wildman–Crippen LogP) is 3.34. The Balaban J connectivity index is 1.57. The lowest BCUT2D eigenvalue weighted by molar-refractivity contribution is 0.0690. The Bertz CT molecular complexity index is 659. The number of nitrogens with zero attached hydrogens (tertiary/aromatic N) is 2. The molecule has 0 unspecified atom stereocenters. The number of hydrogen-bond acceptors (Lipinski definition) is 3. The van der Waals surface area contributed by atoms with Crippen molar-refractivity contribution in [1.82, 2.24) is 9.80 Å². The van der Waals surface area contributed by atoms with Gasteiger partial charge in [-0.2, -0.15) is 0 Å². The van der Waals surface area contributed by atoms with E-state index in [0.717, 1.165) is 49.5 Å². The van der Waals surface area contributed by atoms with Crippen LogP contribution >= 0.6 is 11.3 Å². The highest BCUT2D eigenvalue weighted by Gasteiger charge is 2.32. The van der Waals surface area contributed by atoms with Crippen LogP contribution in [0.1, 0.15) is 22.5 Å². The van der Waals surface area contributed by atoms with Crippen LogP contribution < -0.4 is 0 Å². The minimum atomic E-state index is 0.223. The molecule has 22 heavy (non-hydrogen) atoms. The van der Waals surface area contributed by atoms with Gasteiger partial charge in [0.1, 0.15) is 0 Å². The number of benzene rings is 1. The summed E-state index contributed by atoms with van der Waals surface area (Å²) in [5, 5.41) is 2.10. The molecule has 0 aliphatic carbocycles. The molecule has 3 saturated heterocycles. The van der Waals surface area contributed by atoms with Crippen molar-refractivity contribution in [3.05, 3.63) is 46.7 Å². The molecule has 1 aromatic carbocycles. The molecular formula is C18H20N2OS. The second kappa shape index (κ2) is 5.86. The highest BCUT2D eigenvalue weighted by atomic mass is 32.1. The van der Waals surface area contributed by atoms with Crippen LogP contribution in [-0.2, 0) is 0 Å². The molecular weight excluding hydrogens is 292 g/mol. The molecule has 2 aromatic rings. The second-order valence-electron chi connectivity index (χ2n) is 6.14. The highest BCUT2D eigenvalue weighted by molar-refractivity contribution is 7.12. The summed E-state index contributed by atoms with van der Waals surface area (Å²) in [6, 6.07) is 12.8. The summed E-state index contributed by atoms with van der Waals surface area (Å²) in [5.74, 6) is 0.223. The van der Waals surface area contributed by atoms with Gasteiger partial charge in [0.15, 0.2) is 0 Å². The van der Waals surface area contributed by atoms with E-state index in [1.807, 2.05) is 18.2 Å². The summed E-state index contributed by atoms with van der Waals surface area (Å²) in [4.78, 5) is 18.4. The van der Waals surface area contributed by atoms with Crippen LogP contribution in [0, 0.1) is 0 Å². The van der Waals surface area contributed by atoms with Crippen LogP contribution in [0.25, 0.3) is 11.1 Å². The number of carbonyl (C=O) groups is 1. The Morgan fingerprint density at radius 3 is 2.55 bits per heavy atom. The molecule has 5 rings (SSSR count). The van der Waals surface area contributed by atoms with Gasteiger partial charge < -0.3 is 9.80 Å². The molecule has 2 bridgehead atoms. The van der Waals surface area contributed by atoms with E-state index < -0.39 is 0 Å². The number of fused-ring (bicyclic) bond motifs is 4. The largest absolute Gasteiger partial charge is 0.334 e. The number of carbonyl (C=O) groups excluding carboxylic acids is 1. The van der Waals surface area contributed by atoms with Crippen LogP contribution in [0.15, 0.2) is 41.8 Å².